The molecular formula is C15H8BrCl4NO3. The van der Waals surface area contributed by atoms with Gasteiger partial charge in [0, 0.05) is 4.47 Å². The summed E-state index contributed by atoms with van der Waals surface area (Å²) >= 11 is 27.0. The zero-order valence-electron chi connectivity index (χ0n) is 11.7. The Hall–Kier alpha value is -0.980. The van der Waals surface area contributed by atoms with E-state index in [0.717, 1.165) is 4.47 Å². The number of halogens is 5. The van der Waals surface area contributed by atoms with Gasteiger partial charge in [0.2, 0.25) is 0 Å². The van der Waals surface area contributed by atoms with E-state index < -0.39 is 18.5 Å². The molecule has 24 heavy (non-hydrogen) atoms. The molecule has 9 heteroatoms. The second kappa shape index (κ2) is 8.41. The highest BCUT2D eigenvalue weighted by Crippen LogP contribution is 2.40. The highest BCUT2D eigenvalue weighted by molar-refractivity contribution is 9.10. The Labute approximate surface area is 166 Å². The van der Waals surface area contributed by atoms with Gasteiger partial charge < -0.3 is 10.1 Å². The van der Waals surface area contributed by atoms with E-state index >= 15 is 0 Å². The van der Waals surface area contributed by atoms with Crippen LogP contribution in [0.1, 0.15) is 10.4 Å². The van der Waals surface area contributed by atoms with Crippen molar-refractivity contribution in [3.8, 4) is 0 Å². The molecule has 1 amide bonds. The molecule has 2 rings (SSSR count). The van der Waals surface area contributed by atoms with Crippen LogP contribution in [-0.4, -0.2) is 18.5 Å². The standard InChI is InChI=1S/C15H8BrCl4NO3/c16-8-3-1-7(2-4-8)15(23)24-6-11(22)21-14-12(19)9(17)5-10(18)13(14)20/h1-5H,6H2,(H,21,22). The minimum Gasteiger partial charge on any atom is -0.452 e. The maximum Gasteiger partial charge on any atom is 0.338 e. The van der Waals surface area contributed by atoms with Crippen molar-refractivity contribution in [1.29, 1.82) is 0 Å². The summed E-state index contributed by atoms with van der Waals surface area (Å²) in [5.41, 5.74) is 0.369. The molecule has 1 N–H and O–H groups in total. The molecule has 0 unspecified atom stereocenters. The monoisotopic (exact) mass is 469 g/mol. The van der Waals surface area contributed by atoms with E-state index in [2.05, 4.69) is 21.2 Å². The summed E-state index contributed by atoms with van der Waals surface area (Å²) < 4.78 is 5.74. The second-order valence-corrected chi connectivity index (χ2v) is 6.96. The van der Waals surface area contributed by atoms with Crippen LogP contribution in [0.15, 0.2) is 34.8 Å². The van der Waals surface area contributed by atoms with Gasteiger partial charge in [0.15, 0.2) is 6.61 Å². The van der Waals surface area contributed by atoms with Crippen molar-refractivity contribution in [2.45, 2.75) is 0 Å². The fourth-order valence-corrected chi connectivity index (χ4v) is 2.83. The van der Waals surface area contributed by atoms with E-state index in [9.17, 15) is 9.59 Å². The summed E-state index contributed by atoms with van der Waals surface area (Å²) in [6.07, 6.45) is 0. The number of rotatable bonds is 4. The van der Waals surface area contributed by atoms with Gasteiger partial charge in [-0.15, -0.1) is 0 Å². The molecule has 0 radical (unpaired) electrons. The summed E-state index contributed by atoms with van der Waals surface area (Å²) in [6, 6.07) is 7.86. The third-order valence-corrected chi connectivity index (χ3v) is 4.89. The van der Waals surface area contributed by atoms with Gasteiger partial charge in [-0.25, -0.2) is 4.79 Å². The highest BCUT2D eigenvalue weighted by atomic mass is 79.9. The summed E-state index contributed by atoms with van der Waals surface area (Å²) in [7, 11) is 0. The van der Waals surface area contributed by atoms with Crippen molar-refractivity contribution in [3.05, 3.63) is 60.5 Å². The number of hydrogen-bond donors (Lipinski definition) is 1. The number of hydrogen-bond acceptors (Lipinski definition) is 3. The minimum absolute atomic E-state index is 0.0404. The van der Waals surface area contributed by atoms with Gasteiger partial charge in [-0.05, 0) is 30.3 Å². The predicted octanol–water partition coefficient (Wildman–Crippen LogP) is 5.86. The Morgan fingerprint density at radius 3 is 2.08 bits per heavy atom. The summed E-state index contributed by atoms with van der Waals surface area (Å²) in [6.45, 7) is -0.522. The van der Waals surface area contributed by atoms with Crippen molar-refractivity contribution >= 4 is 79.9 Å². The quantitative estimate of drug-likeness (QED) is 0.449. The van der Waals surface area contributed by atoms with Gasteiger partial charge >= 0.3 is 5.97 Å². The number of ether oxygens (including phenoxy) is 1. The molecular weight excluding hydrogens is 464 g/mol. The van der Waals surface area contributed by atoms with E-state index in [1.54, 1.807) is 24.3 Å². The van der Waals surface area contributed by atoms with Gasteiger partial charge in [-0.2, -0.15) is 0 Å². The first-order valence-corrected chi connectivity index (χ1v) is 8.65. The smallest absolute Gasteiger partial charge is 0.338 e. The van der Waals surface area contributed by atoms with Gasteiger partial charge in [0.25, 0.3) is 5.91 Å². The third-order valence-electron chi connectivity index (χ3n) is 2.79. The van der Waals surface area contributed by atoms with Crippen LogP contribution in [0.25, 0.3) is 0 Å². The zero-order valence-corrected chi connectivity index (χ0v) is 16.3. The molecule has 0 spiro atoms. The van der Waals surface area contributed by atoms with Crippen molar-refractivity contribution in [2.24, 2.45) is 0 Å². The molecule has 0 saturated carbocycles. The van der Waals surface area contributed by atoms with Gasteiger partial charge in [0.1, 0.15) is 0 Å². The van der Waals surface area contributed by atoms with Crippen LogP contribution < -0.4 is 5.32 Å². The van der Waals surface area contributed by atoms with Crippen LogP contribution in [0.3, 0.4) is 0 Å². The van der Waals surface area contributed by atoms with E-state index in [1.165, 1.54) is 6.07 Å². The SMILES string of the molecule is O=C(COC(=O)c1ccc(Br)cc1)Nc1c(Cl)c(Cl)cc(Cl)c1Cl. The molecule has 0 aliphatic rings. The predicted molar refractivity (Wildman–Crippen MR) is 99.5 cm³/mol. The first-order valence-electron chi connectivity index (χ1n) is 6.35. The first kappa shape index (κ1) is 19.3. The third kappa shape index (κ3) is 4.77. The van der Waals surface area contributed by atoms with E-state index in [0.29, 0.717) is 5.56 Å². The fraction of sp³-hybridized carbons (Fsp3) is 0.0667. The lowest BCUT2D eigenvalue weighted by atomic mass is 10.2. The summed E-state index contributed by atoms with van der Waals surface area (Å²) in [5, 5.41) is 2.77. The Balaban J connectivity index is 2.02. The average molecular weight is 472 g/mol. The van der Waals surface area contributed by atoms with Crippen LogP contribution in [0.5, 0.6) is 0 Å². The number of anilines is 1. The molecule has 2 aromatic rings. The number of carbonyl (C=O) groups excluding carboxylic acids is 2. The lowest BCUT2D eigenvalue weighted by Gasteiger charge is -2.12. The number of esters is 1. The largest absolute Gasteiger partial charge is 0.452 e. The van der Waals surface area contributed by atoms with E-state index in [1.807, 2.05) is 0 Å². The van der Waals surface area contributed by atoms with Crippen molar-refractivity contribution in [3.63, 3.8) is 0 Å². The molecule has 0 aliphatic carbocycles. The number of carbonyl (C=O) groups is 2. The zero-order chi connectivity index (χ0) is 17.9. The number of benzene rings is 2. The highest BCUT2D eigenvalue weighted by Gasteiger charge is 2.17. The van der Waals surface area contributed by atoms with Crippen LogP contribution >= 0.6 is 62.3 Å². The van der Waals surface area contributed by atoms with Crippen molar-refractivity contribution in [2.75, 3.05) is 11.9 Å². The van der Waals surface area contributed by atoms with Crippen LogP contribution in [0, 0.1) is 0 Å². The minimum atomic E-state index is -0.640. The molecule has 4 nitrogen and oxygen atoms in total. The normalized spacial score (nSPS) is 10.4. The molecule has 0 bridgehead atoms. The van der Waals surface area contributed by atoms with Gasteiger partial charge in [-0.1, -0.05) is 62.3 Å². The summed E-state index contributed by atoms with van der Waals surface area (Å²) in [4.78, 5) is 23.8. The number of amides is 1. The lowest BCUT2D eigenvalue weighted by molar-refractivity contribution is -0.119. The maximum absolute atomic E-state index is 11.9. The van der Waals surface area contributed by atoms with Crippen LogP contribution in [-0.2, 0) is 9.53 Å². The molecule has 126 valence electrons. The Bertz CT molecular complexity index is 770. The fourth-order valence-electron chi connectivity index (χ4n) is 1.66. The Morgan fingerprint density at radius 2 is 1.54 bits per heavy atom. The second-order valence-electron chi connectivity index (χ2n) is 4.47. The Kier molecular flexibility index (Phi) is 6.78. The molecule has 0 fully saturated rings. The van der Waals surface area contributed by atoms with Crippen LogP contribution in [0.4, 0.5) is 5.69 Å². The molecule has 0 saturated heterocycles. The lowest BCUT2D eigenvalue weighted by Crippen LogP contribution is -2.21. The molecule has 0 atom stereocenters. The average Bonchev–Trinajstić information content (AvgIpc) is 2.55. The Morgan fingerprint density at radius 1 is 1.00 bits per heavy atom. The number of nitrogens with one attached hydrogen (secondary N) is 1. The molecule has 0 aliphatic heterocycles. The van der Waals surface area contributed by atoms with Crippen molar-refractivity contribution in [1.82, 2.24) is 0 Å². The van der Waals surface area contributed by atoms with Crippen molar-refractivity contribution < 1.29 is 14.3 Å². The maximum atomic E-state index is 11.9. The topological polar surface area (TPSA) is 55.4 Å². The summed E-state index contributed by atoms with van der Waals surface area (Å²) in [5.74, 6) is -1.28. The first-order chi connectivity index (χ1) is 11.3. The van der Waals surface area contributed by atoms with Gasteiger partial charge in [-0.3, -0.25) is 4.79 Å². The van der Waals surface area contributed by atoms with E-state index in [4.69, 9.17) is 51.1 Å². The molecule has 0 aromatic heterocycles. The van der Waals surface area contributed by atoms with E-state index in [-0.39, 0.29) is 25.8 Å². The van der Waals surface area contributed by atoms with Crippen LogP contribution in [0.2, 0.25) is 20.1 Å². The molecule has 2 aromatic carbocycles. The molecule has 0 heterocycles. The van der Waals surface area contributed by atoms with Gasteiger partial charge in [0.05, 0.1) is 31.3 Å².